The van der Waals surface area contributed by atoms with E-state index in [2.05, 4.69) is 14.9 Å². The van der Waals surface area contributed by atoms with Crippen LogP contribution in [0.15, 0.2) is 22.8 Å². The minimum atomic E-state index is -0.267. The molecule has 25 heavy (non-hydrogen) atoms. The summed E-state index contributed by atoms with van der Waals surface area (Å²) in [6, 6.07) is 5.58. The fourth-order valence-electron chi connectivity index (χ4n) is 3.06. The molecule has 2 amide bonds. The first-order valence-corrected chi connectivity index (χ1v) is 8.32. The Bertz CT molecular complexity index is 772. The molecule has 1 atom stereocenters. The van der Waals surface area contributed by atoms with Crippen LogP contribution in [0.2, 0.25) is 0 Å². The average Bonchev–Trinajstić information content (AvgIpc) is 3.18. The molecular weight excluding hydrogens is 322 g/mol. The highest BCUT2D eigenvalue weighted by molar-refractivity contribution is 5.89. The van der Waals surface area contributed by atoms with Crippen LogP contribution in [-0.4, -0.2) is 77.6 Å². The number of hydrogen-bond acceptors (Lipinski definition) is 6. The third-order valence-corrected chi connectivity index (χ3v) is 4.50. The van der Waals surface area contributed by atoms with Gasteiger partial charge in [-0.05, 0) is 42.1 Å². The molecule has 1 fully saturated rings. The highest BCUT2D eigenvalue weighted by Crippen LogP contribution is 2.21. The summed E-state index contributed by atoms with van der Waals surface area (Å²) in [5, 5.41) is 7.59. The normalized spacial score (nSPS) is 17.7. The second kappa shape index (κ2) is 7.18. The van der Waals surface area contributed by atoms with Gasteiger partial charge in [0.25, 0.3) is 0 Å². The molecule has 1 aromatic heterocycles. The lowest BCUT2D eigenvalue weighted by molar-refractivity contribution is -0.135. The summed E-state index contributed by atoms with van der Waals surface area (Å²) >= 11 is 0. The lowest BCUT2D eigenvalue weighted by Gasteiger charge is -2.22. The van der Waals surface area contributed by atoms with Crippen LogP contribution < -0.4 is 0 Å². The lowest BCUT2D eigenvalue weighted by atomic mass is 10.1. The summed E-state index contributed by atoms with van der Waals surface area (Å²) in [7, 11) is 5.71. The minimum absolute atomic E-state index is 0.000854. The Morgan fingerprint density at radius 2 is 2.04 bits per heavy atom. The summed E-state index contributed by atoms with van der Waals surface area (Å²) in [6.07, 6.45) is 0.294. The molecule has 0 aliphatic carbocycles. The van der Waals surface area contributed by atoms with Gasteiger partial charge in [-0.2, -0.15) is 0 Å². The standard InChI is InChI=1S/C17H23N5O3/c1-20(2)6-7-22-11-13(9-16(22)23)17(24)21(3)10-12-4-5-14-15(8-12)19-25-18-14/h4-5,8,13H,6-7,9-11H2,1-3H3/t13-/m1/s1. The van der Waals surface area contributed by atoms with Crippen LogP contribution in [0.5, 0.6) is 0 Å². The average molecular weight is 345 g/mol. The van der Waals surface area contributed by atoms with Gasteiger partial charge in [-0.25, -0.2) is 4.63 Å². The Kier molecular flexibility index (Phi) is 4.98. The second-order valence-electron chi connectivity index (χ2n) is 6.83. The monoisotopic (exact) mass is 345 g/mol. The van der Waals surface area contributed by atoms with Gasteiger partial charge >= 0.3 is 0 Å². The molecule has 0 spiro atoms. The maximum absolute atomic E-state index is 12.7. The Balaban J connectivity index is 1.59. The molecule has 134 valence electrons. The minimum Gasteiger partial charge on any atom is -0.341 e. The lowest BCUT2D eigenvalue weighted by Crippen LogP contribution is -2.36. The summed E-state index contributed by atoms with van der Waals surface area (Å²) in [5.41, 5.74) is 2.31. The Hall–Kier alpha value is -2.48. The van der Waals surface area contributed by atoms with Crippen molar-refractivity contribution < 1.29 is 14.2 Å². The topological polar surface area (TPSA) is 82.8 Å². The zero-order chi connectivity index (χ0) is 18.0. The number of amides is 2. The van der Waals surface area contributed by atoms with E-state index in [0.29, 0.717) is 37.1 Å². The molecule has 2 aromatic rings. The molecule has 8 heteroatoms. The molecule has 0 radical (unpaired) electrons. The van der Waals surface area contributed by atoms with Crippen LogP contribution in [-0.2, 0) is 16.1 Å². The number of carbonyl (C=O) groups excluding carboxylic acids is 2. The molecule has 0 unspecified atom stereocenters. The molecule has 2 heterocycles. The van der Waals surface area contributed by atoms with Gasteiger partial charge in [0.2, 0.25) is 11.8 Å². The molecular formula is C17H23N5O3. The SMILES string of the molecule is CN(C)CCN1C[C@H](C(=O)N(C)Cc2ccc3nonc3c2)CC1=O. The molecule has 0 N–H and O–H groups in total. The van der Waals surface area contributed by atoms with Gasteiger partial charge in [0.05, 0.1) is 5.92 Å². The van der Waals surface area contributed by atoms with Gasteiger partial charge in [0.1, 0.15) is 11.0 Å². The number of likely N-dealkylation sites (tertiary alicyclic amines) is 1. The van der Waals surface area contributed by atoms with Crippen molar-refractivity contribution in [3.63, 3.8) is 0 Å². The van der Waals surface area contributed by atoms with Gasteiger partial charge in [-0.15, -0.1) is 0 Å². The fraction of sp³-hybridized carbons (Fsp3) is 0.529. The molecule has 0 saturated carbocycles. The predicted octanol–water partition coefficient (Wildman–Crippen LogP) is 0.591. The maximum atomic E-state index is 12.7. The predicted molar refractivity (Wildman–Crippen MR) is 91.5 cm³/mol. The number of benzene rings is 1. The van der Waals surface area contributed by atoms with Gasteiger partial charge in [-0.3, -0.25) is 9.59 Å². The van der Waals surface area contributed by atoms with Crippen molar-refractivity contribution in [1.82, 2.24) is 25.0 Å². The van der Waals surface area contributed by atoms with Gasteiger partial charge in [0.15, 0.2) is 0 Å². The first-order chi connectivity index (χ1) is 11.9. The number of likely N-dealkylation sites (N-methyl/N-ethyl adjacent to an activating group) is 1. The van der Waals surface area contributed by atoms with E-state index >= 15 is 0 Å². The number of fused-ring (bicyclic) bond motifs is 1. The van der Waals surface area contributed by atoms with E-state index in [1.807, 2.05) is 37.2 Å². The van der Waals surface area contributed by atoms with Crippen molar-refractivity contribution in [2.45, 2.75) is 13.0 Å². The van der Waals surface area contributed by atoms with E-state index < -0.39 is 0 Å². The highest BCUT2D eigenvalue weighted by Gasteiger charge is 2.35. The van der Waals surface area contributed by atoms with E-state index in [4.69, 9.17) is 0 Å². The van der Waals surface area contributed by atoms with Crippen molar-refractivity contribution in [3.8, 4) is 0 Å². The second-order valence-corrected chi connectivity index (χ2v) is 6.83. The van der Waals surface area contributed by atoms with Gasteiger partial charge in [0, 0.05) is 39.6 Å². The Morgan fingerprint density at radius 3 is 2.80 bits per heavy atom. The summed E-state index contributed by atoms with van der Waals surface area (Å²) in [5.74, 6) is -0.208. The van der Waals surface area contributed by atoms with E-state index in [1.165, 1.54) is 0 Å². The largest absolute Gasteiger partial charge is 0.341 e. The van der Waals surface area contributed by atoms with Crippen molar-refractivity contribution in [2.24, 2.45) is 5.92 Å². The maximum Gasteiger partial charge on any atom is 0.228 e. The van der Waals surface area contributed by atoms with Gasteiger partial charge in [-0.1, -0.05) is 6.07 Å². The van der Waals surface area contributed by atoms with E-state index in [-0.39, 0.29) is 17.7 Å². The zero-order valence-electron chi connectivity index (χ0n) is 14.8. The third kappa shape index (κ3) is 3.96. The Morgan fingerprint density at radius 1 is 1.28 bits per heavy atom. The fourth-order valence-corrected chi connectivity index (χ4v) is 3.06. The number of hydrogen-bond donors (Lipinski definition) is 0. The number of rotatable bonds is 6. The number of carbonyl (C=O) groups is 2. The van der Waals surface area contributed by atoms with E-state index in [9.17, 15) is 9.59 Å². The zero-order valence-corrected chi connectivity index (χ0v) is 14.8. The van der Waals surface area contributed by atoms with Gasteiger partial charge < -0.3 is 14.7 Å². The van der Waals surface area contributed by atoms with Crippen LogP contribution >= 0.6 is 0 Å². The molecule has 1 aromatic carbocycles. The van der Waals surface area contributed by atoms with Crippen LogP contribution in [0.1, 0.15) is 12.0 Å². The Labute approximate surface area is 146 Å². The molecule has 1 saturated heterocycles. The first kappa shape index (κ1) is 17.3. The van der Waals surface area contributed by atoms with Crippen molar-refractivity contribution >= 4 is 22.8 Å². The third-order valence-electron chi connectivity index (χ3n) is 4.50. The summed E-state index contributed by atoms with van der Waals surface area (Å²) in [6.45, 7) is 2.43. The molecule has 3 rings (SSSR count). The summed E-state index contributed by atoms with van der Waals surface area (Å²) < 4.78 is 4.69. The van der Waals surface area contributed by atoms with Crippen LogP contribution in [0.25, 0.3) is 11.0 Å². The van der Waals surface area contributed by atoms with Crippen molar-refractivity contribution in [2.75, 3.05) is 40.8 Å². The molecule has 1 aliphatic heterocycles. The number of aromatic nitrogens is 2. The van der Waals surface area contributed by atoms with E-state index in [1.54, 1.807) is 16.8 Å². The number of nitrogens with zero attached hydrogens (tertiary/aromatic N) is 5. The quantitative estimate of drug-likeness (QED) is 0.762. The molecule has 8 nitrogen and oxygen atoms in total. The van der Waals surface area contributed by atoms with E-state index in [0.717, 1.165) is 12.1 Å². The summed E-state index contributed by atoms with van der Waals surface area (Å²) in [4.78, 5) is 30.3. The van der Waals surface area contributed by atoms with Crippen LogP contribution in [0, 0.1) is 5.92 Å². The van der Waals surface area contributed by atoms with Crippen molar-refractivity contribution in [1.29, 1.82) is 0 Å². The van der Waals surface area contributed by atoms with Crippen LogP contribution in [0.4, 0.5) is 0 Å². The smallest absolute Gasteiger partial charge is 0.228 e. The molecule has 1 aliphatic rings. The highest BCUT2D eigenvalue weighted by atomic mass is 16.6. The molecule has 0 bridgehead atoms. The first-order valence-electron chi connectivity index (χ1n) is 8.32. The van der Waals surface area contributed by atoms with Crippen molar-refractivity contribution in [3.05, 3.63) is 23.8 Å². The van der Waals surface area contributed by atoms with Crippen LogP contribution in [0.3, 0.4) is 0 Å².